The van der Waals surface area contributed by atoms with E-state index in [4.69, 9.17) is 0 Å². The number of rotatable bonds is 6. The lowest BCUT2D eigenvalue weighted by molar-refractivity contribution is 0.464. The summed E-state index contributed by atoms with van der Waals surface area (Å²) >= 11 is 0. The zero-order valence-electron chi connectivity index (χ0n) is 8.65. The molecule has 0 radical (unpaired) electrons. The Labute approximate surface area is 77.7 Å². The van der Waals surface area contributed by atoms with E-state index in [-0.39, 0.29) is 0 Å². The monoisotopic (exact) mass is 168 g/mol. The van der Waals surface area contributed by atoms with E-state index in [2.05, 4.69) is 6.92 Å². The van der Waals surface area contributed by atoms with Crippen LogP contribution in [0.15, 0.2) is 0 Å². The van der Waals surface area contributed by atoms with Gasteiger partial charge in [0.1, 0.15) is 0 Å². The normalized spacial score (nSPS) is 18.8. The first-order valence-electron chi connectivity index (χ1n) is 5.93. The SMILES string of the molecule is CCCCCCCC1CCCC1. The first-order chi connectivity index (χ1) is 5.93. The molecule has 0 spiro atoms. The van der Waals surface area contributed by atoms with Crippen LogP contribution in [0.5, 0.6) is 0 Å². The maximum absolute atomic E-state index is 2.29. The molecule has 0 saturated heterocycles. The lowest BCUT2D eigenvalue weighted by Gasteiger charge is -2.07. The highest BCUT2D eigenvalue weighted by Crippen LogP contribution is 2.29. The summed E-state index contributed by atoms with van der Waals surface area (Å²) in [5.74, 6) is 1.12. The molecule has 0 unspecified atom stereocenters. The van der Waals surface area contributed by atoms with E-state index >= 15 is 0 Å². The van der Waals surface area contributed by atoms with Crippen molar-refractivity contribution in [3.05, 3.63) is 0 Å². The molecule has 0 bridgehead atoms. The van der Waals surface area contributed by atoms with Crippen molar-refractivity contribution in [3.63, 3.8) is 0 Å². The molecule has 0 aromatic carbocycles. The van der Waals surface area contributed by atoms with Gasteiger partial charge >= 0.3 is 0 Å². The highest BCUT2D eigenvalue weighted by Gasteiger charge is 2.13. The highest BCUT2D eigenvalue weighted by atomic mass is 14.2. The van der Waals surface area contributed by atoms with E-state index in [1.807, 2.05) is 0 Å². The van der Waals surface area contributed by atoms with E-state index in [1.165, 1.54) is 64.2 Å². The predicted molar refractivity (Wildman–Crippen MR) is 55.3 cm³/mol. The maximum atomic E-state index is 2.29. The molecule has 1 rings (SSSR count). The Bertz CT molecular complexity index is 90.2. The Morgan fingerprint density at radius 2 is 1.58 bits per heavy atom. The third kappa shape index (κ3) is 4.13. The van der Waals surface area contributed by atoms with Gasteiger partial charge < -0.3 is 0 Å². The zero-order chi connectivity index (χ0) is 8.65. The number of hydrogen-bond donors (Lipinski definition) is 0. The van der Waals surface area contributed by atoms with Crippen LogP contribution in [0.25, 0.3) is 0 Å². The minimum Gasteiger partial charge on any atom is -0.0654 e. The predicted octanol–water partition coefficient (Wildman–Crippen LogP) is 4.54. The molecular formula is C12H24. The number of unbranched alkanes of at least 4 members (excludes halogenated alkanes) is 4. The minimum absolute atomic E-state index is 1.12. The van der Waals surface area contributed by atoms with E-state index in [0.29, 0.717) is 0 Å². The van der Waals surface area contributed by atoms with Crippen LogP contribution in [0.2, 0.25) is 0 Å². The Morgan fingerprint density at radius 3 is 2.25 bits per heavy atom. The molecule has 0 aliphatic heterocycles. The van der Waals surface area contributed by atoms with Gasteiger partial charge in [0.05, 0.1) is 0 Å². The lowest BCUT2D eigenvalue weighted by Crippen LogP contribution is -1.92. The average Bonchev–Trinajstić information content (AvgIpc) is 2.57. The van der Waals surface area contributed by atoms with Gasteiger partial charge in [0.15, 0.2) is 0 Å². The lowest BCUT2D eigenvalue weighted by atomic mass is 9.99. The molecule has 0 nitrogen and oxygen atoms in total. The summed E-state index contributed by atoms with van der Waals surface area (Å²) in [5.41, 5.74) is 0. The maximum Gasteiger partial charge on any atom is -0.0414 e. The van der Waals surface area contributed by atoms with Gasteiger partial charge in [-0.3, -0.25) is 0 Å². The van der Waals surface area contributed by atoms with Crippen LogP contribution in [0.4, 0.5) is 0 Å². The molecule has 12 heavy (non-hydrogen) atoms. The van der Waals surface area contributed by atoms with Gasteiger partial charge in [-0.05, 0) is 5.92 Å². The molecular weight excluding hydrogens is 144 g/mol. The van der Waals surface area contributed by atoms with Crippen molar-refractivity contribution in [2.45, 2.75) is 71.1 Å². The fraction of sp³-hybridized carbons (Fsp3) is 1.00. The molecule has 1 fully saturated rings. The van der Waals surface area contributed by atoms with Gasteiger partial charge in [-0.2, -0.15) is 0 Å². The molecule has 0 heterocycles. The van der Waals surface area contributed by atoms with Gasteiger partial charge in [-0.15, -0.1) is 0 Å². The van der Waals surface area contributed by atoms with Crippen molar-refractivity contribution in [2.24, 2.45) is 5.92 Å². The van der Waals surface area contributed by atoms with E-state index in [1.54, 1.807) is 0 Å². The summed E-state index contributed by atoms with van der Waals surface area (Å²) in [4.78, 5) is 0. The van der Waals surface area contributed by atoms with E-state index in [0.717, 1.165) is 5.92 Å². The molecule has 0 N–H and O–H groups in total. The summed E-state index contributed by atoms with van der Waals surface area (Å²) in [7, 11) is 0. The molecule has 1 aliphatic rings. The van der Waals surface area contributed by atoms with Gasteiger partial charge in [-0.25, -0.2) is 0 Å². The third-order valence-corrected chi connectivity index (χ3v) is 3.19. The Kier molecular flexibility index (Phi) is 5.47. The molecule has 0 heteroatoms. The van der Waals surface area contributed by atoms with Crippen LogP contribution < -0.4 is 0 Å². The summed E-state index contributed by atoms with van der Waals surface area (Å²) in [6.07, 6.45) is 14.9. The minimum atomic E-state index is 1.12. The quantitative estimate of drug-likeness (QED) is 0.511. The Balaban J connectivity index is 1.81. The second-order valence-corrected chi connectivity index (χ2v) is 4.35. The smallest absolute Gasteiger partial charge is 0.0414 e. The molecule has 0 aromatic heterocycles. The first kappa shape index (κ1) is 10.1. The summed E-state index contributed by atoms with van der Waals surface area (Å²) in [6, 6.07) is 0. The number of hydrogen-bond acceptors (Lipinski definition) is 0. The van der Waals surface area contributed by atoms with Crippen LogP contribution in [0, 0.1) is 5.92 Å². The third-order valence-electron chi connectivity index (χ3n) is 3.19. The van der Waals surface area contributed by atoms with Crippen molar-refractivity contribution in [2.75, 3.05) is 0 Å². The Morgan fingerprint density at radius 1 is 0.917 bits per heavy atom. The second kappa shape index (κ2) is 6.51. The fourth-order valence-electron chi connectivity index (χ4n) is 2.34. The van der Waals surface area contributed by atoms with Crippen molar-refractivity contribution in [1.29, 1.82) is 0 Å². The van der Waals surface area contributed by atoms with E-state index < -0.39 is 0 Å². The zero-order valence-corrected chi connectivity index (χ0v) is 8.65. The topological polar surface area (TPSA) is 0 Å². The van der Waals surface area contributed by atoms with Crippen molar-refractivity contribution in [3.8, 4) is 0 Å². The van der Waals surface area contributed by atoms with Crippen molar-refractivity contribution < 1.29 is 0 Å². The van der Waals surface area contributed by atoms with Crippen LogP contribution in [0.3, 0.4) is 0 Å². The average molecular weight is 168 g/mol. The fourth-order valence-corrected chi connectivity index (χ4v) is 2.34. The molecule has 1 aliphatic carbocycles. The van der Waals surface area contributed by atoms with Crippen LogP contribution in [-0.4, -0.2) is 0 Å². The van der Waals surface area contributed by atoms with E-state index in [9.17, 15) is 0 Å². The first-order valence-corrected chi connectivity index (χ1v) is 5.93. The van der Waals surface area contributed by atoms with Gasteiger partial charge in [0.2, 0.25) is 0 Å². The van der Waals surface area contributed by atoms with Crippen molar-refractivity contribution >= 4 is 0 Å². The standard InChI is InChI=1S/C12H24/c1-2-3-4-5-6-9-12-10-7-8-11-12/h12H,2-11H2,1H3. The molecule has 0 atom stereocenters. The summed E-state index contributed by atoms with van der Waals surface area (Å²) in [6.45, 7) is 2.29. The molecule has 72 valence electrons. The van der Waals surface area contributed by atoms with Crippen LogP contribution in [-0.2, 0) is 0 Å². The van der Waals surface area contributed by atoms with Gasteiger partial charge in [0.25, 0.3) is 0 Å². The van der Waals surface area contributed by atoms with Gasteiger partial charge in [-0.1, -0.05) is 71.1 Å². The van der Waals surface area contributed by atoms with Gasteiger partial charge in [0, 0.05) is 0 Å². The molecule has 0 amide bonds. The molecule has 0 aromatic rings. The molecule has 1 saturated carbocycles. The largest absolute Gasteiger partial charge is 0.0654 e. The van der Waals surface area contributed by atoms with Crippen LogP contribution >= 0.6 is 0 Å². The summed E-state index contributed by atoms with van der Waals surface area (Å²) < 4.78 is 0. The second-order valence-electron chi connectivity index (χ2n) is 4.35. The van der Waals surface area contributed by atoms with Crippen molar-refractivity contribution in [1.82, 2.24) is 0 Å². The van der Waals surface area contributed by atoms with Crippen LogP contribution in [0.1, 0.15) is 71.1 Å². The Hall–Kier alpha value is 0. The summed E-state index contributed by atoms with van der Waals surface area (Å²) in [5, 5.41) is 0. The highest BCUT2D eigenvalue weighted by molar-refractivity contribution is 4.66.